The predicted molar refractivity (Wildman–Crippen MR) is 37.2 cm³/mol. The van der Waals surface area contributed by atoms with Crippen molar-refractivity contribution in [3.05, 3.63) is 0 Å². The van der Waals surface area contributed by atoms with Crippen LogP contribution < -0.4 is 5.32 Å². The number of hydrogen-bond acceptors (Lipinski definition) is 2. The zero-order valence-corrected chi connectivity index (χ0v) is 5.77. The lowest BCUT2D eigenvalue weighted by Crippen LogP contribution is -2.49. The summed E-state index contributed by atoms with van der Waals surface area (Å²) < 4.78 is 0. The molecule has 1 unspecified atom stereocenters. The normalized spacial score (nSPS) is 36.7. The van der Waals surface area contributed by atoms with E-state index in [9.17, 15) is 0 Å². The Bertz CT molecular complexity index is 91.1. The van der Waals surface area contributed by atoms with Crippen LogP contribution in [-0.4, -0.2) is 30.7 Å². The summed E-state index contributed by atoms with van der Waals surface area (Å²) in [5.74, 6) is 0. The van der Waals surface area contributed by atoms with Crippen LogP contribution in [0.2, 0.25) is 0 Å². The predicted octanol–water partition coefficient (Wildman–Crippen LogP) is 0.402. The van der Waals surface area contributed by atoms with E-state index in [-0.39, 0.29) is 0 Å². The van der Waals surface area contributed by atoms with E-state index in [1.807, 2.05) is 0 Å². The van der Waals surface area contributed by atoms with E-state index in [0.717, 1.165) is 12.7 Å². The van der Waals surface area contributed by atoms with Crippen molar-refractivity contribution in [1.29, 1.82) is 0 Å². The molecular weight excluding hydrogens is 112 g/mol. The van der Waals surface area contributed by atoms with Crippen molar-refractivity contribution in [3.63, 3.8) is 0 Å². The van der Waals surface area contributed by atoms with Crippen LogP contribution in [0.5, 0.6) is 0 Å². The molecule has 1 atom stereocenters. The molecule has 0 saturated carbocycles. The van der Waals surface area contributed by atoms with Gasteiger partial charge in [-0.2, -0.15) is 0 Å². The number of hydrogen-bond donors (Lipinski definition) is 1. The molecule has 0 aromatic rings. The van der Waals surface area contributed by atoms with E-state index in [2.05, 4.69) is 10.2 Å². The topological polar surface area (TPSA) is 15.3 Å². The first kappa shape index (κ1) is 5.69. The van der Waals surface area contributed by atoms with E-state index in [0.29, 0.717) is 0 Å². The van der Waals surface area contributed by atoms with Gasteiger partial charge in [-0.15, -0.1) is 0 Å². The zero-order valence-electron chi connectivity index (χ0n) is 5.77. The Balaban J connectivity index is 1.90. The molecule has 1 N–H and O–H groups in total. The fourth-order valence-electron chi connectivity index (χ4n) is 1.71. The van der Waals surface area contributed by atoms with Crippen LogP contribution >= 0.6 is 0 Å². The molecule has 0 aromatic heterocycles. The average molecular weight is 126 g/mol. The zero-order chi connectivity index (χ0) is 6.10. The molecule has 2 saturated heterocycles. The molecule has 0 aromatic carbocycles. The van der Waals surface area contributed by atoms with Crippen molar-refractivity contribution < 1.29 is 0 Å². The van der Waals surface area contributed by atoms with Gasteiger partial charge in [-0.3, -0.25) is 4.90 Å². The van der Waals surface area contributed by atoms with Gasteiger partial charge in [0.25, 0.3) is 0 Å². The summed E-state index contributed by atoms with van der Waals surface area (Å²) >= 11 is 0. The molecule has 52 valence electrons. The molecule has 0 bridgehead atoms. The minimum Gasteiger partial charge on any atom is -0.304 e. The molecule has 2 heteroatoms. The highest BCUT2D eigenvalue weighted by molar-refractivity contribution is 4.83. The van der Waals surface area contributed by atoms with Crippen LogP contribution in [0.4, 0.5) is 0 Å². The Labute approximate surface area is 56.2 Å². The van der Waals surface area contributed by atoms with Crippen LogP contribution in [0.25, 0.3) is 0 Å². The van der Waals surface area contributed by atoms with Crippen molar-refractivity contribution in [1.82, 2.24) is 10.2 Å². The minimum atomic E-state index is 0.944. The van der Waals surface area contributed by atoms with Gasteiger partial charge < -0.3 is 5.32 Å². The summed E-state index contributed by atoms with van der Waals surface area (Å²) in [5, 5.41) is 3.40. The SMILES string of the molecule is C1CNCN2CCC2C1. The molecule has 0 radical (unpaired) electrons. The third kappa shape index (κ3) is 0.970. The van der Waals surface area contributed by atoms with Gasteiger partial charge in [0, 0.05) is 19.3 Å². The van der Waals surface area contributed by atoms with Crippen LogP contribution in [0.3, 0.4) is 0 Å². The second-order valence-electron chi connectivity index (χ2n) is 3.06. The van der Waals surface area contributed by atoms with Crippen molar-refractivity contribution in [2.75, 3.05) is 19.8 Å². The van der Waals surface area contributed by atoms with Gasteiger partial charge in [-0.1, -0.05) is 0 Å². The fourth-order valence-corrected chi connectivity index (χ4v) is 1.71. The van der Waals surface area contributed by atoms with Gasteiger partial charge in [0.2, 0.25) is 0 Å². The maximum Gasteiger partial charge on any atom is 0.0483 e. The molecule has 2 aliphatic rings. The summed E-state index contributed by atoms with van der Waals surface area (Å²) in [6.45, 7) is 3.70. The van der Waals surface area contributed by atoms with Crippen LogP contribution in [0.1, 0.15) is 19.3 Å². The smallest absolute Gasteiger partial charge is 0.0483 e. The Morgan fingerprint density at radius 2 is 2.33 bits per heavy atom. The molecule has 2 aliphatic heterocycles. The quantitative estimate of drug-likeness (QED) is 0.505. The Morgan fingerprint density at radius 3 is 3.11 bits per heavy atom. The van der Waals surface area contributed by atoms with E-state index < -0.39 is 0 Å². The third-order valence-corrected chi connectivity index (χ3v) is 2.47. The lowest BCUT2D eigenvalue weighted by molar-refractivity contribution is 0.0884. The number of nitrogens with zero attached hydrogens (tertiary/aromatic N) is 1. The Kier molecular flexibility index (Phi) is 1.44. The number of rotatable bonds is 0. The Hall–Kier alpha value is -0.0800. The summed E-state index contributed by atoms with van der Waals surface area (Å²) in [6.07, 6.45) is 4.25. The summed E-state index contributed by atoms with van der Waals surface area (Å²) in [7, 11) is 0. The van der Waals surface area contributed by atoms with Crippen LogP contribution in [0.15, 0.2) is 0 Å². The molecule has 2 nitrogen and oxygen atoms in total. The molecular formula is C7H14N2. The monoisotopic (exact) mass is 126 g/mol. The van der Waals surface area contributed by atoms with Gasteiger partial charge in [-0.05, 0) is 25.8 Å². The highest BCUT2D eigenvalue weighted by atomic mass is 15.3. The molecule has 2 heterocycles. The van der Waals surface area contributed by atoms with E-state index in [1.54, 1.807) is 0 Å². The Morgan fingerprint density at radius 1 is 1.33 bits per heavy atom. The van der Waals surface area contributed by atoms with Gasteiger partial charge >= 0.3 is 0 Å². The fraction of sp³-hybridized carbons (Fsp3) is 1.00. The van der Waals surface area contributed by atoms with Gasteiger partial charge in [-0.25, -0.2) is 0 Å². The summed E-state index contributed by atoms with van der Waals surface area (Å²) in [4.78, 5) is 2.53. The van der Waals surface area contributed by atoms with Crippen LogP contribution in [-0.2, 0) is 0 Å². The van der Waals surface area contributed by atoms with Crippen molar-refractivity contribution in [2.24, 2.45) is 0 Å². The van der Waals surface area contributed by atoms with Crippen molar-refractivity contribution in [2.45, 2.75) is 25.3 Å². The largest absolute Gasteiger partial charge is 0.304 e. The standard InChI is InChI=1S/C7H14N2/c1-2-7-3-5-9(7)6-8-4-1/h7-8H,1-6H2. The number of nitrogens with one attached hydrogen (secondary N) is 1. The second-order valence-corrected chi connectivity index (χ2v) is 3.06. The third-order valence-electron chi connectivity index (χ3n) is 2.47. The van der Waals surface area contributed by atoms with Gasteiger partial charge in [0.05, 0.1) is 0 Å². The maximum atomic E-state index is 3.40. The minimum absolute atomic E-state index is 0.944. The molecule has 0 amide bonds. The lowest BCUT2D eigenvalue weighted by atomic mass is 10.00. The average Bonchev–Trinajstić information content (AvgIpc) is 1.94. The van der Waals surface area contributed by atoms with E-state index >= 15 is 0 Å². The van der Waals surface area contributed by atoms with E-state index in [1.165, 1.54) is 32.4 Å². The molecule has 0 aliphatic carbocycles. The first-order valence-corrected chi connectivity index (χ1v) is 3.91. The van der Waals surface area contributed by atoms with Gasteiger partial charge in [0.15, 0.2) is 0 Å². The second kappa shape index (κ2) is 2.27. The van der Waals surface area contributed by atoms with Gasteiger partial charge in [0.1, 0.15) is 0 Å². The van der Waals surface area contributed by atoms with Crippen molar-refractivity contribution in [3.8, 4) is 0 Å². The highest BCUT2D eigenvalue weighted by Crippen LogP contribution is 2.21. The lowest BCUT2D eigenvalue weighted by Gasteiger charge is -2.39. The number of fused-ring (bicyclic) bond motifs is 1. The van der Waals surface area contributed by atoms with E-state index in [4.69, 9.17) is 0 Å². The molecule has 0 spiro atoms. The van der Waals surface area contributed by atoms with Crippen LogP contribution in [0, 0.1) is 0 Å². The maximum absolute atomic E-state index is 3.40. The first-order chi connectivity index (χ1) is 4.47. The first-order valence-electron chi connectivity index (χ1n) is 3.91. The van der Waals surface area contributed by atoms with Crippen molar-refractivity contribution >= 4 is 0 Å². The molecule has 9 heavy (non-hydrogen) atoms. The summed E-state index contributed by atoms with van der Waals surface area (Å²) in [5.41, 5.74) is 0. The summed E-state index contributed by atoms with van der Waals surface area (Å²) in [6, 6.07) is 0.944. The molecule has 2 rings (SSSR count). The highest BCUT2D eigenvalue weighted by Gasteiger charge is 2.27. The molecule has 2 fully saturated rings.